The predicted molar refractivity (Wildman–Crippen MR) is 113 cm³/mol. The van der Waals surface area contributed by atoms with Gasteiger partial charge in [-0.25, -0.2) is 0 Å². The van der Waals surface area contributed by atoms with E-state index in [2.05, 4.69) is 13.8 Å². The van der Waals surface area contributed by atoms with Crippen molar-refractivity contribution in [2.75, 3.05) is 0 Å². The number of benzene rings is 1. The highest BCUT2D eigenvalue weighted by molar-refractivity contribution is 5.46. The third kappa shape index (κ3) is 6.16. The van der Waals surface area contributed by atoms with E-state index in [4.69, 9.17) is 0 Å². The predicted octanol–water partition coefficient (Wildman–Crippen LogP) is 7.29. The van der Waals surface area contributed by atoms with Crippen LogP contribution in [0.25, 0.3) is 0 Å². The van der Waals surface area contributed by atoms with Crippen LogP contribution in [-0.2, 0) is 12.8 Å². The topological polar surface area (TPSA) is 40.5 Å². The van der Waals surface area contributed by atoms with E-state index in [0.717, 1.165) is 42.2 Å². The molecule has 1 aromatic carbocycles. The lowest BCUT2D eigenvalue weighted by atomic mass is 9.94. The third-order valence-corrected chi connectivity index (χ3v) is 7.44. The van der Waals surface area contributed by atoms with Crippen molar-refractivity contribution >= 4 is 0 Å². The second-order valence-electron chi connectivity index (χ2n) is 9.90. The summed E-state index contributed by atoms with van der Waals surface area (Å²) in [5.41, 5.74) is 3.20. The molecule has 2 fully saturated rings. The summed E-state index contributed by atoms with van der Waals surface area (Å²) in [5, 5.41) is 20.7. The van der Waals surface area contributed by atoms with E-state index in [9.17, 15) is 10.2 Å². The Morgan fingerprint density at radius 2 is 1.33 bits per heavy atom. The van der Waals surface area contributed by atoms with E-state index in [1.807, 2.05) is 0 Å². The number of aromatic hydroxyl groups is 2. The van der Waals surface area contributed by atoms with Gasteiger partial charge in [0.2, 0.25) is 0 Å². The van der Waals surface area contributed by atoms with Crippen LogP contribution >= 0.6 is 0 Å². The molecule has 2 aliphatic carbocycles. The highest BCUT2D eigenvalue weighted by atomic mass is 16.3. The summed E-state index contributed by atoms with van der Waals surface area (Å²) < 4.78 is 0. The summed E-state index contributed by atoms with van der Waals surface area (Å²) in [6.45, 7) is 4.71. The van der Waals surface area contributed by atoms with Crippen molar-refractivity contribution < 1.29 is 10.2 Å². The second-order valence-corrected chi connectivity index (χ2v) is 9.90. The smallest absolute Gasteiger partial charge is 0.122 e. The third-order valence-electron chi connectivity index (χ3n) is 7.44. The Hall–Kier alpha value is -1.18. The van der Waals surface area contributed by atoms with Gasteiger partial charge in [-0.3, -0.25) is 0 Å². The molecule has 1 aromatic rings. The van der Waals surface area contributed by atoms with Gasteiger partial charge in [-0.1, -0.05) is 46.0 Å². The normalized spacial score (nSPS) is 19.2. The Balaban J connectivity index is 1.38. The summed E-state index contributed by atoms with van der Waals surface area (Å²) in [5.74, 6) is 0.749. The standard InChI is InChI=1S/C25H40O2/c1-3-25(16-17-25)13-8-5-4-6-10-20-18-22(26)19-21(23(20)27)11-7-9-12-24(2)14-15-24/h18-19,26-27H,3-17H2,1-2H3. The van der Waals surface area contributed by atoms with E-state index in [0.29, 0.717) is 16.9 Å². The molecule has 0 aromatic heterocycles. The minimum absolute atomic E-state index is 0.311. The minimum Gasteiger partial charge on any atom is -0.508 e. The zero-order valence-electron chi connectivity index (χ0n) is 17.7. The fourth-order valence-electron chi connectivity index (χ4n) is 4.58. The monoisotopic (exact) mass is 372 g/mol. The molecule has 0 saturated heterocycles. The average molecular weight is 373 g/mol. The highest BCUT2D eigenvalue weighted by Crippen LogP contribution is 2.52. The van der Waals surface area contributed by atoms with Crippen LogP contribution in [0.15, 0.2) is 12.1 Å². The Labute approximate surface area is 166 Å². The molecule has 152 valence electrons. The SMILES string of the molecule is CCC1(CCCCCCc2cc(O)cc(CCCCC3(C)CC3)c2O)CC1. The lowest BCUT2D eigenvalue weighted by Crippen LogP contribution is -1.98. The van der Waals surface area contributed by atoms with Crippen molar-refractivity contribution in [2.24, 2.45) is 10.8 Å². The largest absolute Gasteiger partial charge is 0.508 e. The summed E-state index contributed by atoms with van der Waals surface area (Å²) in [6, 6.07) is 3.53. The first-order valence-electron chi connectivity index (χ1n) is 11.5. The molecule has 0 unspecified atom stereocenters. The van der Waals surface area contributed by atoms with E-state index in [-0.39, 0.29) is 0 Å². The second kappa shape index (κ2) is 8.88. The van der Waals surface area contributed by atoms with Gasteiger partial charge in [0.25, 0.3) is 0 Å². The zero-order chi connectivity index (χ0) is 19.3. The maximum absolute atomic E-state index is 10.6. The first-order chi connectivity index (χ1) is 13.0. The van der Waals surface area contributed by atoms with Crippen molar-refractivity contribution in [1.29, 1.82) is 0 Å². The maximum atomic E-state index is 10.6. The average Bonchev–Trinajstić information content (AvgIpc) is 3.57. The van der Waals surface area contributed by atoms with E-state index in [1.54, 1.807) is 12.1 Å². The van der Waals surface area contributed by atoms with Crippen LogP contribution in [0.5, 0.6) is 11.5 Å². The van der Waals surface area contributed by atoms with Crippen LogP contribution in [-0.4, -0.2) is 10.2 Å². The van der Waals surface area contributed by atoms with Gasteiger partial charge < -0.3 is 10.2 Å². The molecule has 0 heterocycles. The molecule has 27 heavy (non-hydrogen) atoms. The number of hydrogen-bond donors (Lipinski definition) is 2. The van der Waals surface area contributed by atoms with Crippen LogP contribution in [0.2, 0.25) is 0 Å². The van der Waals surface area contributed by atoms with E-state index < -0.39 is 0 Å². The number of hydrogen-bond acceptors (Lipinski definition) is 2. The summed E-state index contributed by atoms with van der Waals surface area (Å²) in [7, 11) is 0. The van der Waals surface area contributed by atoms with Gasteiger partial charge in [0.1, 0.15) is 11.5 Å². The Bertz CT molecular complexity index is 611. The molecule has 0 amide bonds. The van der Waals surface area contributed by atoms with Gasteiger partial charge in [-0.05, 0) is 98.3 Å². The molecule has 3 rings (SSSR count). The zero-order valence-corrected chi connectivity index (χ0v) is 17.7. The molecule has 2 heteroatoms. The fourth-order valence-corrected chi connectivity index (χ4v) is 4.58. The molecule has 0 aliphatic heterocycles. The maximum Gasteiger partial charge on any atom is 0.122 e. The summed E-state index contributed by atoms with van der Waals surface area (Å²) in [6.07, 6.45) is 18.8. The molecule has 0 atom stereocenters. The molecule has 0 spiro atoms. The van der Waals surface area contributed by atoms with Crippen LogP contribution in [0.1, 0.15) is 108 Å². The highest BCUT2D eigenvalue weighted by Gasteiger charge is 2.39. The van der Waals surface area contributed by atoms with Crippen molar-refractivity contribution in [3.63, 3.8) is 0 Å². The van der Waals surface area contributed by atoms with Crippen molar-refractivity contribution in [1.82, 2.24) is 0 Å². The summed E-state index contributed by atoms with van der Waals surface area (Å²) in [4.78, 5) is 0. The lowest BCUT2D eigenvalue weighted by Gasteiger charge is -2.13. The Kier molecular flexibility index (Phi) is 6.76. The van der Waals surface area contributed by atoms with Gasteiger partial charge in [0, 0.05) is 0 Å². The number of rotatable bonds is 13. The van der Waals surface area contributed by atoms with Crippen molar-refractivity contribution in [2.45, 2.75) is 110 Å². The van der Waals surface area contributed by atoms with Gasteiger partial charge in [-0.15, -0.1) is 0 Å². The molecular weight excluding hydrogens is 332 g/mol. The molecule has 2 saturated carbocycles. The van der Waals surface area contributed by atoms with Crippen molar-refractivity contribution in [3.05, 3.63) is 23.3 Å². The molecule has 2 N–H and O–H groups in total. The Morgan fingerprint density at radius 3 is 1.89 bits per heavy atom. The Morgan fingerprint density at radius 1 is 0.778 bits per heavy atom. The number of unbranched alkanes of at least 4 members (excludes halogenated alkanes) is 4. The van der Waals surface area contributed by atoms with Crippen LogP contribution < -0.4 is 0 Å². The van der Waals surface area contributed by atoms with Crippen LogP contribution in [0.3, 0.4) is 0 Å². The number of phenols is 2. The van der Waals surface area contributed by atoms with Crippen LogP contribution in [0.4, 0.5) is 0 Å². The number of phenolic OH excluding ortho intramolecular Hbond substituents is 2. The van der Waals surface area contributed by atoms with Gasteiger partial charge in [0.05, 0.1) is 0 Å². The van der Waals surface area contributed by atoms with E-state index >= 15 is 0 Å². The first kappa shape index (κ1) is 20.6. The van der Waals surface area contributed by atoms with Crippen LogP contribution in [0, 0.1) is 10.8 Å². The van der Waals surface area contributed by atoms with Gasteiger partial charge in [-0.2, -0.15) is 0 Å². The fraction of sp³-hybridized carbons (Fsp3) is 0.760. The summed E-state index contributed by atoms with van der Waals surface area (Å²) >= 11 is 0. The van der Waals surface area contributed by atoms with Crippen molar-refractivity contribution in [3.8, 4) is 11.5 Å². The molecule has 0 bridgehead atoms. The number of aryl methyl sites for hydroxylation is 2. The molecule has 0 radical (unpaired) electrons. The molecular formula is C25H40O2. The lowest BCUT2D eigenvalue weighted by molar-refractivity contribution is 0.419. The molecule has 2 aliphatic rings. The first-order valence-corrected chi connectivity index (χ1v) is 11.5. The van der Waals surface area contributed by atoms with Gasteiger partial charge >= 0.3 is 0 Å². The van der Waals surface area contributed by atoms with Gasteiger partial charge in [0.15, 0.2) is 0 Å². The van der Waals surface area contributed by atoms with E-state index in [1.165, 1.54) is 70.6 Å². The minimum atomic E-state index is 0.311. The quantitative estimate of drug-likeness (QED) is 0.282. The molecule has 2 nitrogen and oxygen atoms in total.